The molecule has 288 valence electrons. The van der Waals surface area contributed by atoms with Crippen molar-refractivity contribution < 1.29 is 46.1 Å². The van der Waals surface area contributed by atoms with E-state index in [1.165, 1.54) is 77.9 Å². The van der Waals surface area contributed by atoms with Crippen LogP contribution in [0.3, 0.4) is 0 Å². The van der Waals surface area contributed by atoms with Crippen LogP contribution in [-0.2, 0) is 38.5 Å². The van der Waals surface area contributed by atoms with Crippen LogP contribution in [-0.4, -0.2) is 3.21 Å². The second-order valence-electron chi connectivity index (χ2n) is 17.9. The molecule has 0 nitrogen and oxygen atoms in total. The van der Waals surface area contributed by atoms with Crippen molar-refractivity contribution in [3.05, 3.63) is 193 Å². The summed E-state index contributed by atoms with van der Waals surface area (Å²) < 4.78 is 4.95. The average Bonchev–Trinajstić information content (AvgIpc) is 3.76. The van der Waals surface area contributed by atoms with Crippen molar-refractivity contribution in [2.75, 3.05) is 0 Å². The molecule has 6 aromatic rings. The summed E-state index contributed by atoms with van der Waals surface area (Å²) in [5.74, 6) is 0. The van der Waals surface area contributed by atoms with Gasteiger partial charge in [-0.15, -0.1) is 0 Å². The molecule has 0 atom stereocenters. The summed E-state index contributed by atoms with van der Waals surface area (Å²) in [6.45, 7) is 21.2. The molecule has 0 aliphatic heterocycles. The first-order valence-electron chi connectivity index (χ1n) is 20.0. The van der Waals surface area contributed by atoms with Crippen LogP contribution in [0.5, 0.6) is 0 Å². The molecule has 0 spiro atoms. The van der Waals surface area contributed by atoms with E-state index in [0.29, 0.717) is 0 Å². The minimum Gasteiger partial charge on any atom is -1.00 e. The molecular weight excluding hydrogens is 811 g/mol. The Kier molecular flexibility index (Phi) is 12.6. The zero-order chi connectivity index (χ0) is 38.6. The molecule has 57 heavy (non-hydrogen) atoms. The van der Waals surface area contributed by atoms with E-state index in [0.717, 1.165) is 12.8 Å². The van der Waals surface area contributed by atoms with Crippen molar-refractivity contribution in [1.82, 2.24) is 0 Å². The molecule has 0 saturated heterocycles. The number of benzene rings is 6. The number of halogens is 2. The van der Waals surface area contributed by atoms with Gasteiger partial charge in [-0.25, -0.2) is 0 Å². The second-order valence-corrected chi connectivity index (χ2v) is 23.7. The minimum absolute atomic E-state index is 0. The Morgan fingerprint density at radius 1 is 0.544 bits per heavy atom. The fourth-order valence-electron chi connectivity index (χ4n) is 8.87. The smallest absolute Gasteiger partial charge is 1.00 e. The fourth-order valence-corrected chi connectivity index (χ4v) is 17.8. The maximum absolute atomic E-state index is 3.09. The van der Waals surface area contributed by atoms with Gasteiger partial charge in [0.2, 0.25) is 0 Å². The van der Waals surface area contributed by atoms with E-state index in [9.17, 15) is 0 Å². The maximum Gasteiger partial charge on any atom is -1.00 e. The van der Waals surface area contributed by atoms with Gasteiger partial charge in [-0.05, 0) is 0 Å². The Balaban J connectivity index is 0.00000275. The van der Waals surface area contributed by atoms with Gasteiger partial charge in [0, 0.05) is 0 Å². The minimum atomic E-state index is -3.09. The Morgan fingerprint density at radius 3 is 1.54 bits per heavy atom. The predicted octanol–water partition coefficient (Wildman–Crippen LogP) is 7.56. The van der Waals surface area contributed by atoms with Crippen LogP contribution in [0.2, 0.25) is 0 Å². The summed E-state index contributed by atoms with van der Waals surface area (Å²) in [6, 6.07) is 49.2. The van der Waals surface area contributed by atoms with Crippen LogP contribution in [0.25, 0.3) is 33.4 Å². The quantitative estimate of drug-likeness (QED) is 0.162. The molecule has 0 aromatic heterocycles. The molecule has 6 aromatic carbocycles. The largest absolute Gasteiger partial charge is 1.00 e. The van der Waals surface area contributed by atoms with Crippen molar-refractivity contribution in [1.29, 1.82) is 0 Å². The van der Waals surface area contributed by atoms with E-state index in [4.69, 9.17) is 0 Å². The predicted molar refractivity (Wildman–Crippen MR) is 235 cm³/mol. The number of hydrogen-bond acceptors (Lipinski definition) is 0. The number of hydrogen-bond donors (Lipinski definition) is 0. The van der Waals surface area contributed by atoms with Gasteiger partial charge in [0.25, 0.3) is 0 Å². The van der Waals surface area contributed by atoms with E-state index < -0.39 is 21.3 Å². The van der Waals surface area contributed by atoms with Crippen LogP contribution in [0.1, 0.15) is 99.4 Å². The summed E-state index contributed by atoms with van der Waals surface area (Å²) in [4.78, 5) is 0. The van der Waals surface area contributed by atoms with Crippen LogP contribution in [0, 0.1) is 13.8 Å². The third-order valence-electron chi connectivity index (χ3n) is 11.7. The van der Waals surface area contributed by atoms with Crippen LogP contribution >= 0.6 is 0 Å². The van der Waals surface area contributed by atoms with Gasteiger partial charge in [-0.2, -0.15) is 0 Å². The third-order valence-corrected chi connectivity index (χ3v) is 19.9. The third kappa shape index (κ3) is 8.24. The molecule has 0 fully saturated rings. The molecule has 2 aliphatic carbocycles. The number of rotatable bonds is 6. The van der Waals surface area contributed by atoms with Crippen molar-refractivity contribution in [2.24, 2.45) is 0 Å². The summed E-state index contributed by atoms with van der Waals surface area (Å²) in [7, 11) is 0. The SMILES string of the molecule is CC1=[C]([Zr+2](=[C](c2ccc(C)cc2)c2ccc(C)cc2)[c]2c3c(cc(C(C)(C)C)c2-c2ccccc2)-c2cc(C(C)(C)C)c(-c4ccccc4)cc2C3)CC=C1.[Cl-].[Cl-]. The normalized spacial score (nSPS) is 13.0. The van der Waals surface area contributed by atoms with E-state index in [1.807, 2.05) is 0 Å². The molecule has 3 heteroatoms. The summed E-state index contributed by atoms with van der Waals surface area (Å²) in [6.07, 6.45) is 6.82. The standard InChI is InChI=1S/C33H33.C15H14.C6H7.2ClH.Zr/c1-32(2,3)30-20-26-24(18-28(30)22-13-9-7-10-14-22)17-25-19-29(23-15-11-8-12-16-23)31(21-27(25)26)33(4,5)6;1-12-3-7-14(8-4-12)11-15-9-5-13(2)6-10-15;1-6-4-2-3-5-6;;;/h7-16,18,20-21H,17H2,1-6H3;3-10H,1-2H3;2,4H,3H2,1H3;2*1H;/q;;;;;+2/p-2. The van der Waals surface area contributed by atoms with E-state index >= 15 is 0 Å². The molecule has 0 amide bonds. The molecule has 2 aliphatic rings. The molecule has 8 rings (SSSR count). The maximum atomic E-state index is 2.62. The van der Waals surface area contributed by atoms with Gasteiger partial charge in [-0.3, -0.25) is 0 Å². The molecule has 0 bridgehead atoms. The Labute approximate surface area is 362 Å². The zero-order valence-electron chi connectivity index (χ0n) is 34.9. The van der Waals surface area contributed by atoms with Gasteiger partial charge in [0.1, 0.15) is 0 Å². The Bertz CT molecular complexity index is 2470. The van der Waals surface area contributed by atoms with Crippen molar-refractivity contribution in [2.45, 2.75) is 86.0 Å². The Hall–Kier alpha value is -3.87. The van der Waals surface area contributed by atoms with E-state index in [-0.39, 0.29) is 35.6 Å². The summed E-state index contributed by atoms with van der Waals surface area (Å²) >= 11 is -3.09. The first-order valence-corrected chi connectivity index (χ1v) is 23.7. The van der Waals surface area contributed by atoms with Gasteiger partial charge in [-0.1, -0.05) is 0 Å². The van der Waals surface area contributed by atoms with Crippen LogP contribution in [0.4, 0.5) is 0 Å². The van der Waals surface area contributed by atoms with Crippen LogP contribution in [0.15, 0.2) is 148 Å². The molecule has 0 radical (unpaired) electrons. The van der Waals surface area contributed by atoms with Crippen molar-refractivity contribution in [3.63, 3.8) is 0 Å². The summed E-state index contributed by atoms with van der Waals surface area (Å²) in [5, 5.41) is 0. The number of fused-ring (bicyclic) bond motifs is 3. The molecule has 0 saturated carbocycles. The first-order chi connectivity index (χ1) is 26.3. The van der Waals surface area contributed by atoms with E-state index in [2.05, 4.69) is 202 Å². The molecule has 0 heterocycles. The van der Waals surface area contributed by atoms with Crippen molar-refractivity contribution in [3.8, 4) is 33.4 Å². The van der Waals surface area contributed by atoms with Crippen LogP contribution < -0.4 is 28.1 Å². The molecular formula is C54H54Cl2Zr. The Morgan fingerprint density at radius 2 is 1.05 bits per heavy atom. The zero-order valence-corrected chi connectivity index (χ0v) is 38.9. The number of allylic oxidation sites excluding steroid dienone is 4. The van der Waals surface area contributed by atoms with E-state index in [1.54, 1.807) is 15.3 Å². The van der Waals surface area contributed by atoms with Gasteiger partial charge in [0.05, 0.1) is 0 Å². The van der Waals surface area contributed by atoms with Gasteiger partial charge in [0.15, 0.2) is 0 Å². The summed E-state index contributed by atoms with van der Waals surface area (Å²) in [5.41, 5.74) is 21.0. The van der Waals surface area contributed by atoms with Gasteiger partial charge >= 0.3 is 340 Å². The first kappa shape index (κ1) is 42.7. The van der Waals surface area contributed by atoms with Gasteiger partial charge < -0.3 is 24.8 Å². The van der Waals surface area contributed by atoms with Crippen molar-refractivity contribution >= 4 is 6.48 Å². The monoisotopic (exact) mass is 862 g/mol. The average molecular weight is 865 g/mol. The fraction of sp³-hybridized carbons (Fsp3) is 0.241. The topological polar surface area (TPSA) is 0 Å². The molecule has 0 N–H and O–H groups in total. The second kappa shape index (κ2) is 16.8. The molecule has 0 unspecified atom stereocenters. The number of aryl methyl sites for hydroxylation is 2.